The van der Waals surface area contributed by atoms with E-state index >= 15 is 0 Å². The third-order valence-electron chi connectivity index (χ3n) is 3.88. The molecular formula is C18H20FN3. The van der Waals surface area contributed by atoms with Crippen molar-refractivity contribution in [1.82, 2.24) is 9.38 Å². The summed E-state index contributed by atoms with van der Waals surface area (Å²) >= 11 is 0. The van der Waals surface area contributed by atoms with Crippen LogP contribution in [-0.4, -0.2) is 9.38 Å². The Hall–Kier alpha value is -2.20. The highest BCUT2D eigenvalue weighted by Crippen LogP contribution is 2.28. The van der Waals surface area contributed by atoms with E-state index < -0.39 is 0 Å². The molecule has 0 fully saturated rings. The maximum atomic E-state index is 13.9. The molecule has 0 saturated heterocycles. The van der Waals surface area contributed by atoms with Gasteiger partial charge in [0, 0.05) is 18.3 Å². The van der Waals surface area contributed by atoms with Gasteiger partial charge in [-0.1, -0.05) is 45.0 Å². The highest BCUT2D eigenvalue weighted by atomic mass is 19.1. The summed E-state index contributed by atoms with van der Waals surface area (Å²) < 4.78 is 15.4. The van der Waals surface area contributed by atoms with Gasteiger partial charge in [-0.25, -0.2) is 4.98 Å². The Labute approximate surface area is 129 Å². The molecule has 2 aromatic heterocycles. The Kier molecular flexibility index (Phi) is 3.49. The summed E-state index contributed by atoms with van der Waals surface area (Å²) in [4.78, 5) is 4.58. The minimum Gasteiger partial charge on any atom is -0.325 e. The van der Waals surface area contributed by atoms with Crippen molar-refractivity contribution in [3.63, 3.8) is 0 Å². The second-order valence-corrected chi connectivity index (χ2v) is 6.52. The molecule has 3 aromatic rings. The molecule has 0 atom stereocenters. The van der Waals surface area contributed by atoms with Gasteiger partial charge in [-0.3, -0.25) is 4.40 Å². The van der Waals surface area contributed by atoms with Crippen molar-refractivity contribution in [3.8, 4) is 11.3 Å². The molecule has 4 heteroatoms. The van der Waals surface area contributed by atoms with E-state index in [4.69, 9.17) is 5.73 Å². The summed E-state index contributed by atoms with van der Waals surface area (Å²) in [5.74, 6) is -0.306. The minimum atomic E-state index is -0.306. The number of hydrogen-bond acceptors (Lipinski definition) is 2. The zero-order valence-corrected chi connectivity index (χ0v) is 13.1. The van der Waals surface area contributed by atoms with E-state index in [9.17, 15) is 4.39 Å². The summed E-state index contributed by atoms with van der Waals surface area (Å²) in [6.45, 7) is 6.81. The molecule has 0 spiro atoms. The minimum absolute atomic E-state index is 0.0988. The maximum Gasteiger partial charge on any atom is 0.198 e. The Balaban J connectivity index is 2.17. The van der Waals surface area contributed by atoms with E-state index in [0.717, 1.165) is 16.8 Å². The van der Waals surface area contributed by atoms with Gasteiger partial charge in [-0.15, -0.1) is 0 Å². The van der Waals surface area contributed by atoms with Gasteiger partial charge in [0.15, 0.2) is 5.95 Å². The van der Waals surface area contributed by atoms with Crippen molar-refractivity contribution in [2.45, 2.75) is 32.7 Å². The highest BCUT2D eigenvalue weighted by Gasteiger charge is 2.15. The molecule has 0 aliphatic heterocycles. The fourth-order valence-electron chi connectivity index (χ4n) is 2.57. The van der Waals surface area contributed by atoms with Gasteiger partial charge in [-0.2, -0.15) is 4.39 Å². The molecule has 2 heterocycles. The first-order valence-electron chi connectivity index (χ1n) is 7.37. The molecule has 22 heavy (non-hydrogen) atoms. The van der Waals surface area contributed by atoms with Crippen LogP contribution in [0.1, 0.15) is 32.0 Å². The number of nitrogens with zero attached hydrogens (tertiary/aromatic N) is 2. The van der Waals surface area contributed by atoms with Crippen LogP contribution in [0.5, 0.6) is 0 Å². The summed E-state index contributed by atoms with van der Waals surface area (Å²) in [5, 5.41) is 0. The molecule has 0 amide bonds. The Morgan fingerprint density at radius 3 is 2.36 bits per heavy atom. The quantitative estimate of drug-likeness (QED) is 0.779. The average molecular weight is 297 g/mol. The molecule has 0 unspecified atom stereocenters. The average Bonchev–Trinajstić information content (AvgIpc) is 2.87. The van der Waals surface area contributed by atoms with Gasteiger partial charge in [-0.05, 0) is 23.1 Å². The van der Waals surface area contributed by atoms with Crippen LogP contribution in [0.25, 0.3) is 16.8 Å². The number of benzene rings is 1. The molecule has 0 radical (unpaired) electrons. The SMILES string of the molecule is CC(C)(C)c1ccc(-c2nc(CN)cn3c(F)ccc23)cc1. The Morgan fingerprint density at radius 1 is 1.09 bits per heavy atom. The molecule has 0 saturated carbocycles. The maximum absolute atomic E-state index is 13.9. The van der Waals surface area contributed by atoms with Crippen molar-refractivity contribution >= 4 is 5.52 Å². The topological polar surface area (TPSA) is 43.3 Å². The van der Waals surface area contributed by atoms with Crippen molar-refractivity contribution < 1.29 is 4.39 Å². The van der Waals surface area contributed by atoms with E-state index in [2.05, 4.69) is 37.9 Å². The van der Waals surface area contributed by atoms with Gasteiger partial charge in [0.25, 0.3) is 0 Å². The molecule has 0 bridgehead atoms. The van der Waals surface area contributed by atoms with E-state index in [-0.39, 0.29) is 17.9 Å². The fourth-order valence-corrected chi connectivity index (χ4v) is 2.57. The summed E-state index contributed by atoms with van der Waals surface area (Å²) in [7, 11) is 0. The number of rotatable bonds is 2. The monoisotopic (exact) mass is 297 g/mol. The number of halogens is 1. The van der Waals surface area contributed by atoms with E-state index in [1.165, 1.54) is 16.0 Å². The normalized spacial score (nSPS) is 12.0. The number of hydrogen-bond donors (Lipinski definition) is 1. The fraction of sp³-hybridized carbons (Fsp3) is 0.278. The van der Waals surface area contributed by atoms with E-state index in [1.807, 2.05) is 12.1 Å². The van der Waals surface area contributed by atoms with Crippen LogP contribution < -0.4 is 5.73 Å². The van der Waals surface area contributed by atoms with E-state index in [1.54, 1.807) is 12.3 Å². The molecule has 3 rings (SSSR count). The second kappa shape index (κ2) is 5.21. The summed E-state index contributed by atoms with van der Waals surface area (Å²) in [6.07, 6.45) is 1.65. The number of nitrogens with two attached hydrogens (primary N) is 1. The lowest BCUT2D eigenvalue weighted by atomic mass is 9.86. The number of aromatic nitrogens is 2. The smallest absolute Gasteiger partial charge is 0.198 e. The van der Waals surface area contributed by atoms with Crippen LogP contribution >= 0.6 is 0 Å². The van der Waals surface area contributed by atoms with E-state index in [0.29, 0.717) is 5.69 Å². The van der Waals surface area contributed by atoms with Crippen LogP contribution in [0.15, 0.2) is 42.6 Å². The molecule has 114 valence electrons. The molecular weight excluding hydrogens is 277 g/mol. The van der Waals surface area contributed by atoms with Gasteiger partial charge in [0.05, 0.1) is 16.9 Å². The third kappa shape index (κ3) is 2.50. The first-order chi connectivity index (χ1) is 10.4. The molecule has 2 N–H and O–H groups in total. The Morgan fingerprint density at radius 2 is 1.77 bits per heavy atom. The molecule has 1 aromatic carbocycles. The van der Waals surface area contributed by atoms with Crippen LogP contribution in [-0.2, 0) is 12.0 Å². The second-order valence-electron chi connectivity index (χ2n) is 6.52. The molecule has 0 aliphatic carbocycles. The van der Waals surface area contributed by atoms with Crippen LogP contribution in [0.3, 0.4) is 0 Å². The van der Waals surface area contributed by atoms with Gasteiger partial charge < -0.3 is 5.73 Å². The lowest BCUT2D eigenvalue weighted by Gasteiger charge is -2.19. The highest BCUT2D eigenvalue weighted by molar-refractivity contribution is 5.77. The zero-order chi connectivity index (χ0) is 15.9. The van der Waals surface area contributed by atoms with Gasteiger partial charge >= 0.3 is 0 Å². The third-order valence-corrected chi connectivity index (χ3v) is 3.88. The van der Waals surface area contributed by atoms with Crippen molar-refractivity contribution in [1.29, 1.82) is 0 Å². The first-order valence-corrected chi connectivity index (χ1v) is 7.37. The first kappa shape index (κ1) is 14.7. The predicted molar refractivity (Wildman–Crippen MR) is 87.2 cm³/mol. The lowest BCUT2D eigenvalue weighted by molar-refractivity contribution is 0.572. The molecule has 3 nitrogen and oxygen atoms in total. The summed E-state index contributed by atoms with van der Waals surface area (Å²) in [5.41, 5.74) is 10.2. The Bertz CT molecular complexity index is 811. The van der Waals surface area contributed by atoms with Crippen LogP contribution in [0, 0.1) is 5.95 Å². The lowest BCUT2D eigenvalue weighted by Crippen LogP contribution is -2.10. The van der Waals surface area contributed by atoms with Gasteiger partial charge in [0.1, 0.15) is 0 Å². The molecule has 0 aliphatic rings. The predicted octanol–water partition coefficient (Wildman–Crippen LogP) is 3.90. The van der Waals surface area contributed by atoms with Gasteiger partial charge in [0.2, 0.25) is 0 Å². The largest absolute Gasteiger partial charge is 0.325 e. The zero-order valence-electron chi connectivity index (χ0n) is 13.1. The van der Waals surface area contributed by atoms with Crippen molar-refractivity contribution in [3.05, 3.63) is 59.8 Å². The number of fused-ring (bicyclic) bond motifs is 1. The summed E-state index contributed by atoms with van der Waals surface area (Å²) in [6, 6.07) is 11.5. The van der Waals surface area contributed by atoms with Crippen LogP contribution in [0.2, 0.25) is 0 Å². The van der Waals surface area contributed by atoms with Crippen molar-refractivity contribution in [2.75, 3.05) is 0 Å². The van der Waals surface area contributed by atoms with Crippen LogP contribution in [0.4, 0.5) is 4.39 Å². The van der Waals surface area contributed by atoms with Crippen molar-refractivity contribution in [2.24, 2.45) is 5.73 Å². The standard InChI is InChI=1S/C18H20FN3/c1-18(2,3)13-6-4-12(5-7-13)17-15-8-9-16(19)22(15)11-14(10-20)21-17/h4-9,11H,10,20H2,1-3H3.